The van der Waals surface area contributed by atoms with Crippen molar-refractivity contribution in [1.29, 1.82) is 0 Å². The summed E-state index contributed by atoms with van der Waals surface area (Å²) in [6.45, 7) is 0. The van der Waals surface area contributed by atoms with E-state index in [-0.39, 0.29) is 0 Å². The lowest BCUT2D eigenvalue weighted by Gasteiger charge is -2.09. The summed E-state index contributed by atoms with van der Waals surface area (Å²) in [4.78, 5) is 23.6. The summed E-state index contributed by atoms with van der Waals surface area (Å²) in [5.74, 6) is 1.16. The second-order valence-corrected chi connectivity index (χ2v) is 1.66. The molecule has 7 nitrogen and oxygen atoms in total. The third-order valence-electron chi connectivity index (χ3n) is 0.910. The summed E-state index contributed by atoms with van der Waals surface area (Å²) in [7, 11) is 0. The van der Waals surface area contributed by atoms with Crippen molar-refractivity contribution in [3.63, 3.8) is 0 Å². The molecule has 0 aromatic heterocycles. The summed E-state index contributed by atoms with van der Waals surface area (Å²) in [5, 5.41) is 25.1. The molecular weight excluding hydrogens is 158 g/mol. The third kappa shape index (κ3) is 2.50. The van der Waals surface area contributed by atoms with E-state index in [0.29, 0.717) is 0 Å². The molecule has 0 unspecified atom stereocenters. The van der Waals surface area contributed by atoms with Gasteiger partial charge in [0.2, 0.25) is 0 Å². The Bertz CT molecular complexity index is 168. The molecule has 0 aromatic rings. The van der Waals surface area contributed by atoms with Gasteiger partial charge in [-0.2, -0.15) is 5.90 Å². The highest BCUT2D eigenvalue weighted by Crippen LogP contribution is 1.94. The maximum absolute atomic E-state index is 10.2. The first-order chi connectivity index (χ1) is 5.00. The summed E-state index contributed by atoms with van der Waals surface area (Å²) >= 11 is 0. The monoisotopic (exact) mass is 165 g/mol. The lowest BCUT2D eigenvalue weighted by Crippen LogP contribution is -2.41. The van der Waals surface area contributed by atoms with Crippen LogP contribution in [-0.2, 0) is 14.4 Å². The van der Waals surface area contributed by atoms with Crippen molar-refractivity contribution in [3.05, 3.63) is 0 Å². The van der Waals surface area contributed by atoms with Crippen LogP contribution in [0.1, 0.15) is 0 Å². The molecule has 0 saturated carbocycles. The molecule has 0 spiro atoms. The highest BCUT2D eigenvalue weighted by Gasteiger charge is 2.30. The zero-order chi connectivity index (χ0) is 9.02. The molecular formula is C4H7NO6. The quantitative estimate of drug-likeness (QED) is 0.332. The Kier molecular flexibility index (Phi) is 3.45. The predicted octanol–water partition coefficient (Wildman–Crippen LogP) is -2.79. The molecule has 0 aromatic carbocycles. The number of rotatable bonds is 3. The van der Waals surface area contributed by atoms with Crippen LogP contribution in [0, 0.1) is 0 Å². The van der Waals surface area contributed by atoms with Crippen LogP contribution < -0.4 is 5.90 Å². The number of aliphatic hydroxyl groups is 2. The Morgan fingerprint density at radius 1 is 1.27 bits per heavy atom. The first-order valence-electron chi connectivity index (χ1n) is 2.50. The van der Waals surface area contributed by atoms with Gasteiger partial charge in [-0.3, -0.25) is 0 Å². The van der Waals surface area contributed by atoms with E-state index in [4.69, 9.17) is 15.3 Å². The van der Waals surface area contributed by atoms with E-state index in [1.807, 2.05) is 0 Å². The van der Waals surface area contributed by atoms with E-state index in [2.05, 4.69) is 10.7 Å². The first kappa shape index (κ1) is 9.82. The summed E-state index contributed by atoms with van der Waals surface area (Å²) in [6, 6.07) is 0. The topological polar surface area (TPSA) is 130 Å². The van der Waals surface area contributed by atoms with Gasteiger partial charge >= 0.3 is 11.9 Å². The van der Waals surface area contributed by atoms with Crippen molar-refractivity contribution in [3.8, 4) is 0 Å². The lowest BCUT2D eigenvalue weighted by atomic mass is 10.2. The van der Waals surface area contributed by atoms with E-state index in [0.717, 1.165) is 0 Å². The molecule has 64 valence electrons. The van der Waals surface area contributed by atoms with Gasteiger partial charge in [-0.25, -0.2) is 9.59 Å². The molecule has 0 bridgehead atoms. The minimum Gasteiger partial charge on any atom is -0.479 e. The summed E-state index contributed by atoms with van der Waals surface area (Å²) in [5.41, 5.74) is 0. The van der Waals surface area contributed by atoms with E-state index >= 15 is 0 Å². The van der Waals surface area contributed by atoms with Gasteiger partial charge in [0, 0.05) is 0 Å². The molecule has 0 aliphatic carbocycles. The normalized spacial score (nSPS) is 15.2. The van der Waals surface area contributed by atoms with E-state index < -0.39 is 24.1 Å². The SMILES string of the molecule is NOC(=O)[C@H](O)[C@@H](O)C(=O)O. The largest absolute Gasteiger partial charge is 0.479 e. The fourth-order valence-electron chi connectivity index (χ4n) is 0.334. The van der Waals surface area contributed by atoms with Crippen LogP contribution in [0.3, 0.4) is 0 Å². The standard InChI is InChI=1S/C4H7NO6/c5-11-4(10)2(7)1(6)3(8)9/h1-2,6-7H,5H2,(H,8,9)/t1-,2-/m1/s1. The Morgan fingerprint density at radius 2 is 1.73 bits per heavy atom. The predicted molar refractivity (Wildman–Crippen MR) is 29.9 cm³/mol. The highest BCUT2D eigenvalue weighted by atomic mass is 16.7. The van der Waals surface area contributed by atoms with Crippen molar-refractivity contribution in [1.82, 2.24) is 0 Å². The van der Waals surface area contributed by atoms with Gasteiger partial charge in [0.15, 0.2) is 12.2 Å². The van der Waals surface area contributed by atoms with E-state index in [1.54, 1.807) is 0 Å². The van der Waals surface area contributed by atoms with Gasteiger partial charge < -0.3 is 20.2 Å². The minimum atomic E-state index is -2.22. The second kappa shape index (κ2) is 3.86. The number of carboxylic acid groups (broad SMARTS) is 1. The smallest absolute Gasteiger partial charge is 0.356 e. The average molecular weight is 165 g/mol. The van der Waals surface area contributed by atoms with Crippen LogP contribution in [0.15, 0.2) is 0 Å². The van der Waals surface area contributed by atoms with Crippen molar-refractivity contribution in [2.75, 3.05) is 0 Å². The fourth-order valence-corrected chi connectivity index (χ4v) is 0.334. The molecule has 7 heteroatoms. The Labute approximate surface area is 60.9 Å². The average Bonchev–Trinajstić information content (AvgIpc) is 2.00. The maximum Gasteiger partial charge on any atom is 0.356 e. The molecule has 0 amide bonds. The van der Waals surface area contributed by atoms with Crippen molar-refractivity contribution in [2.24, 2.45) is 5.90 Å². The van der Waals surface area contributed by atoms with Gasteiger partial charge in [0.1, 0.15) is 0 Å². The number of carbonyl (C=O) groups is 2. The van der Waals surface area contributed by atoms with Crippen LogP contribution in [-0.4, -0.2) is 39.5 Å². The van der Waals surface area contributed by atoms with Crippen molar-refractivity contribution in [2.45, 2.75) is 12.2 Å². The molecule has 2 atom stereocenters. The summed E-state index contributed by atoms with van der Waals surface area (Å²) in [6.07, 6.45) is -4.37. The van der Waals surface area contributed by atoms with Gasteiger partial charge in [0.05, 0.1) is 0 Å². The number of hydrogen-bond donors (Lipinski definition) is 4. The van der Waals surface area contributed by atoms with Gasteiger partial charge in [-0.15, -0.1) is 0 Å². The van der Waals surface area contributed by atoms with E-state index in [1.165, 1.54) is 0 Å². The second-order valence-electron chi connectivity index (χ2n) is 1.66. The zero-order valence-corrected chi connectivity index (χ0v) is 5.30. The Hall–Kier alpha value is -1.18. The number of nitrogens with two attached hydrogens (primary N) is 1. The highest BCUT2D eigenvalue weighted by molar-refractivity contribution is 5.83. The minimum absolute atomic E-state index is 1.40. The molecule has 0 radical (unpaired) electrons. The number of aliphatic carboxylic acids is 1. The van der Waals surface area contributed by atoms with Gasteiger partial charge in [-0.05, 0) is 0 Å². The van der Waals surface area contributed by atoms with Gasteiger partial charge in [-0.1, -0.05) is 0 Å². The zero-order valence-electron chi connectivity index (χ0n) is 5.30. The number of hydrogen-bond acceptors (Lipinski definition) is 6. The maximum atomic E-state index is 10.2. The molecule has 0 rings (SSSR count). The molecule has 0 heterocycles. The summed E-state index contributed by atoms with van der Waals surface area (Å²) < 4.78 is 0. The van der Waals surface area contributed by atoms with Crippen LogP contribution in [0.2, 0.25) is 0 Å². The van der Waals surface area contributed by atoms with Gasteiger partial charge in [0.25, 0.3) is 0 Å². The lowest BCUT2D eigenvalue weighted by molar-refractivity contribution is -0.170. The molecule has 0 saturated heterocycles. The number of aliphatic hydroxyl groups excluding tert-OH is 2. The Balaban J connectivity index is 4.12. The molecule has 5 N–H and O–H groups in total. The molecule has 0 aliphatic heterocycles. The molecule has 0 aliphatic rings. The fraction of sp³-hybridized carbons (Fsp3) is 0.500. The van der Waals surface area contributed by atoms with Crippen LogP contribution in [0.5, 0.6) is 0 Å². The Morgan fingerprint density at radius 3 is 2.00 bits per heavy atom. The van der Waals surface area contributed by atoms with Crippen LogP contribution in [0.4, 0.5) is 0 Å². The third-order valence-corrected chi connectivity index (χ3v) is 0.910. The van der Waals surface area contributed by atoms with E-state index in [9.17, 15) is 9.59 Å². The first-order valence-corrected chi connectivity index (χ1v) is 2.50. The molecule has 0 fully saturated rings. The van der Waals surface area contributed by atoms with Crippen molar-refractivity contribution < 1.29 is 29.7 Å². The number of carboxylic acids is 1. The van der Waals surface area contributed by atoms with Crippen molar-refractivity contribution >= 4 is 11.9 Å². The van der Waals surface area contributed by atoms with Crippen LogP contribution >= 0.6 is 0 Å². The van der Waals surface area contributed by atoms with Crippen LogP contribution in [0.25, 0.3) is 0 Å². The molecule has 11 heavy (non-hydrogen) atoms. The number of carbonyl (C=O) groups excluding carboxylic acids is 1.